The highest BCUT2D eigenvalue weighted by Gasteiger charge is 2.17. The van der Waals surface area contributed by atoms with Gasteiger partial charge in [0.2, 0.25) is 0 Å². The number of anilines is 1. The molecule has 0 aliphatic carbocycles. The second-order valence-corrected chi connectivity index (χ2v) is 6.53. The van der Waals surface area contributed by atoms with Crippen LogP contribution in [0.25, 0.3) is 16.6 Å². The summed E-state index contributed by atoms with van der Waals surface area (Å²) in [6.45, 7) is 5.05. The number of hydrogen-bond acceptors (Lipinski definition) is 5. The maximum atomic E-state index is 14.3. The zero-order valence-electron chi connectivity index (χ0n) is 15.3. The molecule has 0 amide bonds. The van der Waals surface area contributed by atoms with E-state index in [2.05, 4.69) is 27.0 Å². The molecule has 0 saturated heterocycles. The van der Waals surface area contributed by atoms with Crippen molar-refractivity contribution in [2.45, 2.75) is 6.92 Å². The number of rotatable bonds is 6. The smallest absolute Gasteiger partial charge is 0.169 e. The van der Waals surface area contributed by atoms with Gasteiger partial charge in [-0.25, -0.2) is 23.4 Å². The van der Waals surface area contributed by atoms with Crippen LogP contribution in [-0.2, 0) is 0 Å². The SMILES string of the molecule is C=C(C)/C=C(\N=C(/N)CO)Nc1ncc(F)c2nn(-c3c(F)cccc3Cl)cc12. The molecule has 0 saturated carbocycles. The highest BCUT2D eigenvalue weighted by molar-refractivity contribution is 6.32. The van der Waals surface area contributed by atoms with Crippen molar-refractivity contribution in [3.05, 3.63) is 71.3 Å². The number of nitrogens with one attached hydrogen (secondary N) is 1. The van der Waals surface area contributed by atoms with Crippen LogP contribution in [0.15, 0.2) is 59.6 Å². The van der Waals surface area contributed by atoms with Crippen LogP contribution >= 0.6 is 11.6 Å². The number of halogens is 3. The standard InChI is InChI=1S/C19H17ClF2N6O/c1-10(2)6-16(25-15(23)9-29)26-19-11-8-28(27-17(11)14(22)7-24-19)18-12(20)4-3-5-13(18)21/h3-8,29H,1,9H2,2H3,(H2,23,25)(H,24,26)/b16-6+. The first-order valence-electron chi connectivity index (χ1n) is 8.36. The minimum absolute atomic E-state index is 0.0176. The Kier molecular flexibility index (Phi) is 5.90. The Morgan fingerprint density at radius 1 is 1.41 bits per heavy atom. The normalized spacial score (nSPS) is 12.4. The van der Waals surface area contributed by atoms with Gasteiger partial charge in [-0.2, -0.15) is 5.10 Å². The molecule has 150 valence electrons. The Morgan fingerprint density at radius 2 is 2.17 bits per heavy atom. The monoisotopic (exact) mass is 418 g/mol. The van der Waals surface area contributed by atoms with E-state index in [-0.39, 0.29) is 39.1 Å². The lowest BCUT2D eigenvalue weighted by Crippen LogP contribution is -2.17. The molecule has 1 aromatic carbocycles. The van der Waals surface area contributed by atoms with Gasteiger partial charge in [-0.05, 0) is 25.1 Å². The second kappa shape index (κ2) is 8.38. The van der Waals surface area contributed by atoms with Crippen molar-refractivity contribution in [3.63, 3.8) is 0 Å². The summed E-state index contributed by atoms with van der Waals surface area (Å²) < 4.78 is 29.7. The maximum absolute atomic E-state index is 14.3. The Bertz CT molecular complexity index is 1130. The number of para-hydroxylation sites is 1. The van der Waals surface area contributed by atoms with Gasteiger partial charge >= 0.3 is 0 Å². The van der Waals surface area contributed by atoms with Crippen LogP contribution in [0, 0.1) is 11.6 Å². The van der Waals surface area contributed by atoms with E-state index in [1.807, 2.05) is 0 Å². The zero-order chi connectivity index (χ0) is 21.1. The molecule has 0 bridgehead atoms. The highest BCUT2D eigenvalue weighted by Crippen LogP contribution is 2.29. The predicted molar refractivity (Wildman–Crippen MR) is 109 cm³/mol. The van der Waals surface area contributed by atoms with Gasteiger partial charge in [0.1, 0.15) is 41.1 Å². The van der Waals surface area contributed by atoms with Gasteiger partial charge in [0.05, 0.1) is 16.6 Å². The van der Waals surface area contributed by atoms with Crippen molar-refractivity contribution in [2.24, 2.45) is 10.7 Å². The van der Waals surface area contributed by atoms with Gasteiger partial charge in [-0.15, -0.1) is 0 Å². The summed E-state index contributed by atoms with van der Waals surface area (Å²) in [5.41, 5.74) is 6.17. The molecule has 10 heteroatoms. The Balaban J connectivity index is 2.14. The average molecular weight is 419 g/mol. The van der Waals surface area contributed by atoms with Gasteiger partial charge in [0, 0.05) is 6.20 Å². The molecule has 0 radical (unpaired) electrons. The van der Waals surface area contributed by atoms with Crippen LogP contribution in [0.3, 0.4) is 0 Å². The van der Waals surface area contributed by atoms with E-state index in [0.717, 1.165) is 10.9 Å². The first-order chi connectivity index (χ1) is 13.8. The lowest BCUT2D eigenvalue weighted by molar-refractivity contribution is 0.356. The first-order valence-corrected chi connectivity index (χ1v) is 8.74. The highest BCUT2D eigenvalue weighted by atomic mass is 35.5. The molecule has 3 rings (SSSR count). The number of amidine groups is 1. The number of pyridine rings is 1. The molecule has 3 aromatic rings. The average Bonchev–Trinajstić information content (AvgIpc) is 3.09. The largest absolute Gasteiger partial charge is 0.388 e. The summed E-state index contributed by atoms with van der Waals surface area (Å²) >= 11 is 6.09. The number of fused-ring (bicyclic) bond motifs is 1. The summed E-state index contributed by atoms with van der Waals surface area (Å²) in [6.07, 6.45) is 3.94. The molecular weight excluding hydrogens is 402 g/mol. The quantitative estimate of drug-likeness (QED) is 0.323. The lowest BCUT2D eigenvalue weighted by Gasteiger charge is -2.08. The van der Waals surface area contributed by atoms with E-state index in [0.29, 0.717) is 5.57 Å². The van der Waals surface area contributed by atoms with E-state index in [4.69, 9.17) is 22.4 Å². The number of hydrogen-bond donors (Lipinski definition) is 3. The Morgan fingerprint density at radius 3 is 2.83 bits per heavy atom. The summed E-state index contributed by atoms with van der Waals surface area (Å²) in [5.74, 6) is -0.933. The van der Waals surface area contributed by atoms with Crippen molar-refractivity contribution < 1.29 is 13.9 Å². The topological polar surface area (TPSA) is 101 Å². The van der Waals surface area contributed by atoms with E-state index in [1.54, 1.807) is 13.0 Å². The zero-order valence-corrected chi connectivity index (χ0v) is 16.1. The lowest BCUT2D eigenvalue weighted by atomic mass is 10.3. The molecule has 0 atom stereocenters. The third-order valence-corrected chi connectivity index (χ3v) is 4.03. The molecule has 29 heavy (non-hydrogen) atoms. The van der Waals surface area contributed by atoms with E-state index >= 15 is 0 Å². The number of benzene rings is 1. The summed E-state index contributed by atoms with van der Waals surface area (Å²) in [6, 6.07) is 4.18. The molecular formula is C19H17ClF2N6O. The molecule has 0 spiro atoms. The Labute approximate surface area is 169 Å². The van der Waals surface area contributed by atoms with E-state index in [1.165, 1.54) is 24.4 Å². The number of aliphatic hydroxyl groups is 1. The van der Waals surface area contributed by atoms with Crippen molar-refractivity contribution in [2.75, 3.05) is 11.9 Å². The third-order valence-electron chi connectivity index (χ3n) is 3.72. The fraction of sp³-hybridized carbons (Fsp3) is 0.105. The molecule has 0 fully saturated rings. The van der Waals surface area contributed by atoms with Crippen LogP contribution in [-0.4, -0.2) is 32.3 Å². The Hall–Kier alpha value is -3.30. The maximum Gasteiger partial charge on any atom is 0.169 e. The predicted octanol–water partition coefficient (Wildman–Crippen LogP) is 3.53. The molecule has 2 heterocycles. The minimum atomic E-state index is -0.694. The van der Waals surface area contributed by atoms with E-state index < -0.39 is 18.2 Å². The van der Waals surface area contributed by atoms with Gasteiger partial charge in [-0.1, -0.05) is 29.8 Å². The summed E-state index contributed by atoms with van der Waals surface area (Å²) in [7, 11) is 0. The molecule has 2 aromatic heterocycles. The van der Waals surface area contributed by atoms with Crippen molar-refractivity contribution in [1.29, 1.82) is 0 Å². The fourth-order valence-corrected chi connectivity index (χ4v) is 2.79. The number of nitrogens with zero attached hydrogens (tertiary/aromatic N) is 4. The van der Waals surface area contributed by atoms with Crippen molar-refractivity contribution in [3.8, 4) is 5.69 Å². The van der Waals surface area contributed by atoms with Crippen LogP contribution in [0.1, 0.15) is 6.92 Å². The molecule has 4 N–H and O–H groups in total. The van der Waals surface area contributed by atoms with Gasteiger partial charge in [0.15, 0.2) is 5.82 Å². The minimum Gasteiger partial charge on any atom is -0.388 e. The number of nitrogens with two attached hydrogens (primary N) is 1. The van der Waals surface area contributed by atoms with Gasteiger partial charge < -0.3 is 16.2 Å². The molecule has 0 unspecified atom stereocenters. The van der Waals surface area contributed by atoms with Crippen LogP contribution < -0.4 is 11.1 Å². The molecule has 0 aliphatic heterocycles. The summed E-state index contributed by atoms with van der Waals surface area (Å²) in [4.78, 5) is 8.07. The number of aromatic nitrogens is 3. The fourth-order valence-electron chi connectivity index (χ4n) is 2.54. The molecule has 0 aliphatic rings. The van der Waals surface area contributed by atoms with E-state index in [9.17, 15) is 8.78 Å². The number of aliphatic imine (C=N–C) groups is 1. The number of allylic oxidation sites excluding steroid dienone is 2. The van der Waals surface area contributed by atoms with Crippen LogP contribution in [0.2, 0.25) is 5.02 Å². The number of aliphatic hydroxyl groups excluding tert-OH is 1. The second-order valence-electron chi connectivity index (χ2n) is 6.12. The van der Waals surface area contributed by atoms with Crippen molar-refractivity contribution >= 4 is 34.2 Å². The van der Waals surface area contributed by atoms with Crippen molar-refractivity contribution in [1.82, 2.24) is 14.8 Å². The first kappa shape index (κ1) is 20.4. The van der Waals surface area contributed by atoms with Gasteiger partial charge in [0.25, 0.3) is 0 Å². The van der Waals surface area contributed by atoms with Gasteiger partial charge in [-0.3, -0.25) is 0 Å². The molecule has 7 nitrogen and oxygen atoms in total. The third kappa shape index (κ3) is 4.41. The summed E-state index contributed by atoms with van der Waals surface area (Å²) in [5, 5.41) is 16.5. The van der Waals surface area contributed by atoms with Crippen LogP contribution in [0.4, 0.5) is 14.6 Å². The van der Waals surface area contributed by atoms with Crippen LogP contribution in [0.5, 0.6) is 0 Å².